The fourth-order valence-electron chi connectivity index (χ4n) is 2.22. The molecule has 1 heterocycles. The van der Waals surface area contributed by atoms with Crippen molar-refractivity contribution in [1.82, 2.24) is 9.62 Å². The molecule has 0 saturated heterocycles. The third-order valence-electron chi connectivity index (χ3n) is 3.34. The maximum absolute atomic E-state index is 12.5. The van der Waals surface area contributed by atoms with Crippen molar-refractivity contribution in [3.8, 4) is 0 Å². The zero-order valence-electron chi connectivity index (χ0n) is 11.3. The first-order chi connectivity index (χ1) is 9.09. The standard InChI is InChI=1S/C13H20N2O3S/c1-3-15(6-7-18-2)19(16,17)13-5-4-11-9-14-10-12(11)8-13/h4-5,8,14H,3,6-7,9-10H2,1-2H3. The molecule has 1 aromatic rings. The van der Waals surface area contributed by atoms with Gasteiger partial charge in [-0.1, -0.05) is 13.0 Å². The molecule has 106 valence electrons. The maximum Gasteiger partial charge on any atom is 0.243 e. The minimum absolute atomic E-state index is 0.368. The summed E-state index contributed by atoms with van der Waals surface area (Å²) in [4.78, 5) is 0.368. The van der Waals surface area contributed by atoms with Gasteiger partial charge in [-0.15, -0.1) is 0 Å². The number of nitrogens with zero attached hydrogens (tertiary/aromatic N) is 1. The SMILES string of the molecule is CCN(CCOC)S(=O)(=O)c1ccc2c(c1)CNC2. The third kappa shape index (κ3) is 2.97. The number of likely N-dealkylation sites (N-methyl/N-ethyl adjacent to an activating group) is 1. The van der Waals surface area contributed by atoms with Crippen LogP contribution in [-0.2, 0) is 27.8 Å². The zero-order valence-corrected chi connectivity index (χ0v) is 12.2. The molecule has 1 aliphatic rings. The van der Waals surface area contributed by atoms with E-state index in [2.05, 4.69) is 5.32 Å². The summed E-state index contributed by atoms with van der Waals surface area (Å²) in [5.41, 5.74) is 2.25. The van der Waals surface area contributed by atoms with E-state index in [0.29, 0.717) is 24.6 Å². The van der Waals surface area contributed by atoms with E-state index in [4.69, 9.17) is 4.74 Å². The van der Waals surface area contributed by atoms with Crippen LogP contribution in [0, 0.1) is 0 Å². The summed E-state index contributed by atoms with van der Waals surface area (Å²) < 4.78 is 31.4. The first-order valence-electron chi connectivity index (χ1n) is 6.41. The average Bonchev–Trinajstić information content (AvgIpc) is 2.86. The van der Waals surface area contributed by atoms with Crippen LogP contribution in [0.25, 0.3) is 0 Å². The summed E-state index contributed by atoms with van der Waals surface area (Å²) in [6.45, 7) is 4.62. The molecule has 0 aliphatic carbocycles. The van der Waals surface area contributed by atoms with Gasteiger partial charge in [0.05, 0.1) is 11.5 Å². The van der Waals surface area contributed by atoms with Gasteiger partial charge >= 0.3 is 0 Å². The van der Waals surface area contributed by atoms with Crippen LogP contribution in [0.5, 0.6) is 0 Å². The van der Waals surface area contributed by atoms with Crippen LogP contribution in [0.1, 0.15) is 18.1 Å². The van der Waals surface area contributed by atoms with Crippen LogP contribution in [0.4, 0.5) is 0 Å². The van der Waals surface area contributed by atoms with Gasteiger partial charge in [-0.25, -0.2) is 8.42 Å². The molecule has 6 heteroatoms. The third-order valence-corrected chi connectivity index (χ3v) is 5.31. The van der Waals surface area contributed by atoms with E-state index in [1.807, 2.05) is 13.0 Å². The van der Waals surface area contributed by atoms with Crippen molar-refractivity contribution < 1.29 is 13.2 Å². The van der Waals surface area contributed by atoms with Crippen LogP contribution >= 0.6 is 0 Å². The highest BCUT2D eigenvalue weighted by molar-refractivity contribution is 7.89. The molecule has 0 radical (unpaired) electrons. The molecule has 0 fully saturated rings. The Kier molecular flexibility index (Phi) is 4.57. The van der Waals surface area contributed by atoms with E-state index in [9.17, 15) is 8.42 Å². The summed E-state index contributed by atoms with van der Waals surface area (Å²) in [5, 5.41) is 3.22. The topological polar surface area (TPSA) is 58.6 Å². The van der Waals surface area contributed by atoms with Crippen molar-refractivity contribution in [3.63, 3.8) is 0 Å². The molecule has 5 nitrogen and oxygen atoms in total. The zero-order chi connectivity index (χ0) is 13.9. The summed E-state index contributed by atoms with van der Waals surface area (Å²) in [7, 11) is -1.85. The number of nitrogens with one attached hydrogen (secondary N) is 1. The fourth-order valence-corrected chi connectivity index (χ4v) is 3.71. The molecule has 1 aromatic carbocycles. The number of hydrogen-bond donors (Lipinski definition) is 1. The number of fused-ring (bicyclic) bond motifs is 1. The Morgan fingerprint density at radius 2 is 2.05 bits per heavy atom. The van der Waals surface area contributed by atoms with E-state index in [0.717, 1.165) is 18.7 Å². The average molecular weight is 284 g/mol. The highest BCUT2D eigenvalue weighted by atomic mass is 32.2. The lowest BCUT2D eigenvalue weighted by atomic mass is 10.1. The molecule has 0 unspecified atom stereocenters. The van der Waals surface area contributed by atoms with Crippen LogP contribution in [0.2, 0.25) is 0 Å². The molecule has 1 aliphatic heterocycles. The second kappa shape index (κ2) is 6.00. The lowest BCUT2D eigenvalue weighted by Crippen LogP contribution is -2.33. The largest absolute Gasteiger partial charge is 0.383 e. The second-order valence-electron chi connectivity index (χ2n) is 4.52. The van der Waals surface area contributed by atoms with Gasteiger partial charge in [0.2, 0.25) is 10.0 Å². The number of hydrogen-bond acceptors (Lipinski definition) is 4. The van der Waals surface area contributed by atoms with Gasteiger partial charge in [0.1, 0.15) is 0 Å². The van der Waals surface area contributed by atoms with Gasteiger partial charge in [0, 0.05) is 33.3 Å². The predicted molar refractivity (Wildman–Crippen MR) is 73.3 cm³/mol. The summed E-state index contributed by atoms with van der Waals surface area (Å²) in [6.07, 6.45) is 0. The number of benzene rings is 1. The van der Waals surface area contributed by atoms with Crippen molar-refractivity contribution >= 4 is 10.0 Å². The number of rotatable bonds is 6. The summed E-state index contributed by atoms with van der Waals surface area (Å²) in [6, 6.07) is 5.36. The first-order valence-corrected chi connectivity index (χ1v) is 7.85. The lowest BCUT2D eigenvalue weighted by Gasteiger charge is -2.20. The van der Waals surface area contributed by atoms with Crippen LogP contribution in [0.15, 0.2) is 23.1 Å². The summed E-state index contributed by atoms with van der Waals surface area (Å²) >= 11 is 0. The van der Waals surface area contributed by atoms with Gasteiger partial charge in [-0.2, -0.15) is 4.31 Å². The van der Waals surface area contributed by atoms with E-state index in [-0.39, 0.29) is 0 Å². The van der Waals surface area contributed by atoms with E-state index < -0.39 is 10.0 Å². The molecule has 0 aromatic heterocycles. The molecule has 0 amide bonds. The van der Waals surface area contributed by atoms with Gasteiger partial charge in [-0.3, -0.25) is 0 Å². The Morgan fingerprint density at radius 3 is 2.74 bits per heavy atom. The van der Waals surface area contributed by atoms with E-state index in [1.54, 1.807) is 19.2 Å². The first kappa shape index (κ1) is 14.5. The van der Waals surface area contributed by atoms with Crippen molar-refractivity contribution in [2.24, 2.45) is 0 Å². The fraction of sp³-hybridized carbons (Fsp3) is 0.538. The monoisotopic (exact) mass is 284 g/mol. The number of ether oxygens (including phenoxy) is 1. The summed E-state index contributed by atoms with van der Waals surface area (Å²) in [5.74, 6) is 0. The smallest absolute Gasteiger partial charge is 0.243 e. The molecule has 2 rings (SSSR count). The van der Waals surface area contributed by atoms with Crippen molar-refractivity contribution in [3.05, 3.63) is 29.3 Å². The molecule has 0 atom stereocenters. The van der Waals surface area contributed by atoms with Gasteiger partial charge in [0.25, 0.3) is 0 Å². The number of sulfonamides is 1. The van der Waals surface area contributed by atoms with Gasteiger partial charge in [0.15, 0.2) is 0 Å². The number of methoxy groups -OCH3 is 1. The molecular weight excluding hydrogens is 264 g/mol. The van der Waals surface area contributed by atoms with Crippen molar-refractivity contribution in [2.75, 3.05) is 26.8 Å². The Balaban J connectivity index is 2.27. The Hall–Kier alpha value is -0.950. The van der Waals surface area contributed by atoms with E-state index >= 15 is 0 Å². The van der Waals surface area contributed by atoms with Crippen molar-refractivity contribution in [1.29, 1.82) is 0 Å². The minimum Gasteiger partial charge on any atom is -0.383 e. The quantitative estimate of drug-likeness (QED) is 0.845. The van der Waals surface area contributed by atoms with Crippen LogP contribution in [-0.4, -0.2) is 39.5 Å². The highest BCUT2D eigenvalue weighted by Gasteiger charge is 2.24. The minimum atomic E-state index is -3.42. The molecule has 1 N–H and O–H groups in total. The second-order valence-corrected chi connectivity index (χ2v) is 6.46. The molecular formula is C13H20N2O3S. The van der Waals surface area contributed by atoms with Crippen LogP contribution in [0.3, 0.4) is 0 Å². The Morgan fingerprint density at radius 1 is 1.32 bits per heavy atom. The van der Waals surface area contributed by atoms with Gasteiger partial charge < -0.3 is 10.1 Å². The Bertz CT molecular complexity index is 543. The molecule has 0 saturated carbocycles. The maximum atomic E-state index is 12.5. The van der Waals surface area contributed by atoms with E-state index in [1.165, 1.54) is 9.87 Å². The Labute approximate surface area is 114 Å². The lowest BCUT2D eigenvalue weighted by molar-refractivity contribution is 0.180. The molecule has 19 heavy (non-hydrogen) atoms. The highest BCUT2D eigenvalue weighted by Crippen LogP contribution is 2.22. The van der Waals surface area contributed by atoms with Gasteiger partial charge in [-0.05, 0) is 23.3 Å². The predicted octanol–water partition coefficient (Wildman–Crippen LogP) is 0.947. The molecule has 0 spiro atoms. The van der Waals surface area contributed by atoms with Crippen LogP contribution < -0.4 is 5.32 Å². The molecule has 0 bridgehead atoms. The van der Waals surface area contributed by atoms with Crippen molar-refractivity contribution in [2.45, 2.75) is 24.9 Å². The normalized spacial score (nSPS) is 14.9.